The first-order chi connectivity index (χ1) is 9.52. The van der Waals surface area contributed by atoms with Crippen molar-refractivity contribution in [1.82, 2.24) is 0 Å². The van der Waals surface area contributed by atoms with Crippen LogP contribution in [0.2, 0.25) is 0 Å². The van der Waals surface area contributed by atoms with Gasteiger partial charge in [0.2, 0.25) is 0 Å². The number of anilines is 1. The summed E-state index contributed by atoms with van der Waals surface area (Å²) in [6.45, 7) is 4.09. The van der Waals surface area contributed by atoms with Crippen LogP contribution in [0.15, 0.2) is 24.3 Å². The third-order valence-corrected chi connectivity index (χ3v) is 3.28. The molecule has 110 valence electrons. The summed E-state index contributed by atoms with van der Waals surface area (Å²) in [6, 6.07) is 7.96. The van der Waals surface area contributed by atoms with Gasteiger partial charge in [0.05, 0.1) is 12.2 Å². The maximum absolute atomic E-state index is 10.7. The molecule has 2 rings (SSSR count). The Labute approximate surface area is 119 Å². The molecule has 0 spiro atoms. The van der Waals surface area contributed by atoms with Gasteiger partial charge in [0, 0.05) is 17.8 Å². The van der Waals surface area contributed by atoms with Crippen LogP contribution in [0.1, 0.15) is 26.7 Å². The first kappa shape index (κ1) is 14.7. The van der Waals surface area contributed by atoms with Gasteiger partial charge in [-0.1, -0.05) is 6.07 Å². The lowest BCUT2D eigenvalue weighted by atomic mass is 9.99. The van der Waals surface area contributed by atoms with Crippen LogP contribution in [0.4, 0.5) is 5.69 Å². The number of carbonyl (C=O) groups is 1. The zero-order valence-corrected chi connectivity index (χ0v) is 12.0. The highest BCUT2D eigenvalue weighted by Crippen LogP contribution is 2.24. The van der Waals surface area contributed by atoms with Crippen molar-refractivity contribution in [1.29, 1.82) is 0 Å². The van der Waals surface area contributed by atoms with E-state index in [-0.39, 0.29) is 18.8 Å². The van der Waals surface area contributed by atoms with Gasteiger partial charge in [-0.2, -0.15) is 0 Å². The quantitative estimate of drug-likeness (QED) is 0.863. The molecule has 2 unspecified atom stereocenters. The fourth-order valence-corrected chi connectivity index (χ4v) is 2.59. The van der Waals surface area contributed by atoms with Gasteiger partial charge in [0.1, 0.15) is 5.75 Å². The fourth-order valence-electron chi connectivity index (χ4n) is 2.59. The molecule has 0 radical (unpaired) electrons. The molecule has 1 fully saturated rings. The van der Waals surface area contributed by atoms with E-state index in [1.54, 1.807) is 0 Å². The molecule has 1 saturated heterocycles. The Kier molecular flexibility index (Phi) is 4.84. The average molecular weight is 278 g/mol. The second kappa shape index (κ2) is 6.61. The fraction of sp³-hybridized carbons (Fsp3) is 0.533. The van der Waals surface area contributed by atoms with Gasteiger partial charge >= 0.3 is 0 Å². The Morgan fingerprint density at radius 1 is 1.40 bits per heavy atom. The second-order valence-corrected chi connectivity index (χ2v) is 5.35. The van der Waals surface area contributed by atoms with Crippen molar-refractivity contribution in [3.05, 3.63) is 24.3 Å². The van der Waals surface area contributed by atoms with Gasteiger partial charge < -0.3 is 20.5 Å². The SMILES string of the molecule is CC1CC(Nc2cccc(OCC(N)=O)c2)CC(C)O1. The monoisotopic (exact) mass is 278 g/mol. The Morgan fingerprint density at radius 3 is 2.75 bits per heavy atom. The maximum atomic E-state index is 10.7. The minimum Gasteiger partial charge on any atom is -0.484 e. The molecule has 2 atom stereocenters. The number of amides is 1. The molecular formula is C15H22N2O3. The summed E-state index contributed by atoms with van der Waals surface area (Å²) in [4.78, 5) is 10.7. The lowest BCUT2D eigenvalue weighted by molar-refractivity contribution is -0.119. The Hall–Kier alpha value is -1.75. The largest absolute Gasteiger partial charge is 0.484 e. The van der Waals surface area contributed by atoms with E-state index in [1.165, 1.54) is 0 Å². The number of hydrogen-bond acceptors (Lipinski definition) is 4. The molecule has 0 aromatic heterocycles. The van der Waals surface area contributed by atoms with Crippen LogP contribution < -0.4 is 15.8 Å². The van der Waals surface area contributed by atoms with E-state index in [2.05, 4.69) is 19.2 Å². The Bertz CT molecular complexity index is 454. The van der Waals surface area contributed by atoms with Crippen molar-refractivity contribution >= 4 is 11.6 Å². The number of benzene rings is 1. The molecule has 1 amide bonds. The van der Waals surface area contributed by atoms with Gasteiger partial charge in [0.25, 0.3) is 5.91 Å². The number of ether oxygens (including phenoxy) is 2. The molecule has 20 heavy (non-hydrogen) atoms. The Balaban J connectivity index is 1.95. The van der Waals surface area contributed by atoms with Crippen LogP contribution in [0, 0.1) is 0 Å². The van der Waals surface area contributed by atoms with E-state index in [1.807, 2.05) is 24.3 Å². The predicted molar refractivity (Wildman–Crippen MR) is 77.8 cm³/mol. The molecule has 1 aromatic rings. The molecule has 1 heterocycles. The van der Waals surface area contributed by atoms with Crippen LogP contribution in [-0.4, -0.2) is 30.8 Å². The minimum atomic E-state index is -0.476. The predicted octanol–water partition coefficient (Wildman–Crippen LogP) is 1.92. The smallest absolute Gasteiger partial charge is 0.255 e. The van der Waals surface area contributed by atoms with E-state index in [0.717, 1.165) is 18.5 Å². The van der Waals surface area contributed by atoms with Crippen LogP contribution in [-0.2, 0) is 9.53 Å². The first-order valence-electron chi connectivity index (χ1n) is 6.96. The zero-order chi connectivity index (χ0) is 14.5. The van der Waals surface area contributed by atoms with E-state index in [0.29, 0.717) is 11.8 Å². The lowest BCUT2D eigenvalue weighted by Crippen LogP contribution is -2.36. The first-order valence-corrected chi connectivity index (χ1v) is 6.96. The van der Waals surface area contributed by atoms with E-state index < -0.39 is 5.91 Å². The van der Waals surface area contributed by atoms with E-state index in [9.17, 15) is 4.79 Å². The number of rotatable bonds is 5. The van der Waals surface area contributed by atoms with Gasteiger partial charge in [-0.25, -0.2) is 0 Å². The standard InChI is InChI=1S/C15H22N2O3/c1-10-6-13(7-11(2)20-10)17-12-4-3-5-14(8-12)19-9-15(16)18/h3-5,8,10-11,13,17H,6-7,9H2,1-2H3,(H2,16,18). The van der Waals surface area contributed by atoms with Gasteiger partial charge in [-0.3, -0.25) is 4.79 Å². The van der Waals surface area contributed by atoms with E-state index >= 15 is 0 Å². The summed E-state index contributed by atoms with van der Waals surface area (Å²) in [5.74, 6) is 0.164. The van der Waals surface area contributed by atoms with Crippen LogP contribution in [0.3, 0.4) is 0 Å². The zero-order valence-electron chi connectivity index (χ0n) is 12.0. The molecule has 5 nitrogen and oxygen atoms in total. The highest BCUT2D eigenvalue weighted by atomic mass is 16.5. The van der Waals surface area contributed by atoms with Crippen LogP contribution in [0.5, 0.6) is 5.75 Å². The highest BCUT2D eigenvalue weighted by Gasteiger charge is 2.24. The number of primary amides is 1. The number of hydrogen-bond donors (Lipinski definition) is 2. The van der Waals surface area contributed by atoms with Crippen molar-refractivity contribution in [2.45, 2.75) is 44.9 Å². The summed E-state index contributed by atoms with van der Waals surface area (Å²) in [5, 5.41) is 3.49. The highest BCUT2D eigenvalue weighted by molar-refractivity contribution is 5.75. The molecule has 1 aromatic carbocycles. The average Bonchev–Trinajstić information content (AvgIpc) is 2.35. The van der Waals surface area contributed by atoms with Gasteiger partial charge in [-0.05, 0) is 38.8 Å². The normalized spacial score (nSPS) is 26.0. The lowest BCUT2D eigenvalue weighted by Gasteiger charge is -2.33. The summed E-state index contributed by atoms with van der Waals surface area (Å²) >= 11 is 0. The molecule has 5 heteroatoms. The Morgan fingerprint density at radius 2 is 2.10 bits per heavy atom. The molecule has 0 aliphatic carbocycles. The third kappa shape index (κ3) is 4.42. The van der Waals surface area contributed by atoms with Crippen molar-refractivity contribution in [3.8, 4) is 5.75 Å². The number of carbonyl (C=O) groups excluding carboxylic acids is 1. The van der Waals surface area contributed by atoms with Gasteiger partial charge in [0.15, 0.2) is 6.61 Å². The molecule has 3 N–H and O–H groups in total. The summed E-state index contributed by atoms with van der Waals surface area (Å²) in [6.07, 6.45) is 2.50. The summed E-state index contributed by atoms with van der Waals surface area (Å²) < 4.78 is 11.0. The van der Waals surface area contributed by atoms with Gasteiger partial charge in [-0.15, -0.1) is 0 Å². The van der Waals surface area contributed by atoms with Crippen LogP contribution in [0.25, 0.3) is 0 Å². The minimum absolute atomic E-state index is 0.102. The molecule has 0 saturated carbocycles. The third-order valence-electron chi connectivity index (χ3n) is 3.28. The number of nitrogens with two attached hydrogens (primary N) is 1. The molecular weight excluding hydrogens is 256 g/mol. The molecule has 1 aliphatic heterocycles. The number of nitrogens with one attached hydrogen (secondary N) is 1. The molecule has 0 bridgehead atoms. The topological polar surface area (TPSA) is 73.6 Å². The summed E-state index contributed by atoms with van der Waals surface area (Å²) in [5.41, 5.74) is 6.05. The van der Waals surface area contributed by atoms with Crippen LogP contribution >= 0.6 is 0 Å². The van der Waals surface area contributed by atoms with E-state index in [4.69, 9.17) is 15.2 Å². The molecule has 1 aliphatic rings. The maximum Gasteiger partial charge on any atom is 0.255 e. The van der Waals surface area contributed by atoms with Crippen molar-refractivity contribution in [2.75, 3.05) is 11.9 Å². The van der Waals surface area contributed by atoms with Crippen molar-refractivity contribution in [3.63, 3.8) is 0 Å². The van der Waals surface area contributed by atoms with Crippen molar-refractivity contribution < 1.29 is 14.3 Å². The summed E-state index contributed by atoms with van der Waals surface area (Å²) in [7, 11) is 0. The second-order valence-electron chi connectivity index (χ2n) is 5.35. The van der Waals surface area contributed by atoms with Crippen molar-refractivity contribution in [2.24, 2.45) is 5.73 Å².